The molecule has 0 amide bonds. The molecule has 0 aliphatic carbocycles. The van der Waals surface area contributed by atoms with Crippen LogP contribution in [0.1, 0.15) is 47.4 Å². The van der Waals surface area contributed by atoms with Gasteiger partial charge in [0.25, 0.3) is 5.69 Å². The first kappa shape index (κ1) is 23.6. The molecule has 0 saturated heterocycles. The Hall–Kier alpha value is -2.68. The molecule has 0 aliphatic rings. The fourth-order valence-corrected chi connectivity index (χ4v) is 3.05. The average molecular weight is 441 g/mol. The number of hydrogen-bond donors (Lipinski definition) is 3. The van der Waals surface area contributed by atoms with Gasteiger partial charge in [0.2, 0.25) is 0 Å². The van der Waals surface area contributed by atoms with Crippen LogP contribution in [-0.4, -0.2) is 39.0 Å². The molecule has 160 valence electrons. The molecule has 0 aromatic heterocycles. The number of phenolic OH excluding ortho intramolecular Hbond substituents is 1. The Kier molecular flexibility index (Phi) is 7.77. The molecule has 0 heterocycles. The van der Waals surface area contributed by atoms with E-state index in [9.17, 15) is 33.8 Å². The number of aliphatic hydroxyl groups is 2. The molecule has 0 radical (unpaired) electrons. The Morgan fingerprint density at radius 1 is 1.20 bits per heavy atom. The van der Waals surface area contributed by atoms with E-state index in [0.717, 1.165) is 25.2 Å². The number of carbonyl (C=O) groups excluding carboxylic acids is 1. The molecule has 9 heteroatoms. The van der Waals surface area contributed by atoms with Crippen molar-refractivity contribution in [1.82, 2.24) is 0 Å². The minimum Gasteiger partial charge on any atom is -0.507 e. The number of aromatic hydroxyl groups is 1. The largest absolute Gasteiger partial charge is 0.507 e. The first-order valence-corrected chi connectivity index (χ1v) is 9.39. The summed E-state index contributed by atoms with van der Waals surface area (Å²) in [5.41, 5.74) is -0.441. The standard InChI is InChI=1S/C21H20ClF2NO5/c1-11(26)3-4-12-7-13(17(24)10-21(12)29)19(27)5-6-20(28)14-8-18(25(2)30)15(22)9-16(14)23/h3-4,7-11,19,26-27H,5-6H2,1-2H3/p+1. The summed E-state index contributed by atoms with van der Waals surface area (Å²) in [7, 11) is 1.15. The molecule has 0 fully saturated rings. The zero-order chi connectivity index (χ0) is 22.6. The van der Waals surface area contributed by atoms with Crippen molar-refractivity contribution in [2.24, 2.45) is 0 Å². The molecule has 3 N–H and O–H groups in total. The SMILES string of the molecule is CC(O)C=Cc1cc(C(O)CCC(=O)c2cc([N+](C)=O)c(Cl)cc2F)c(F)cc1O. The molecule has 2 rings (SSSR count). The van der Waals surface area contributed by atoms with E-state index >= 15 is 0 Å². The summed E-state index contributed by atoms with van der Waals surface area (Å²) < 4.78 is 28.7. The van der Waals surface area contributed by atoms with Crippen LogP contribution in [0, 0.1) is 16.5 Å². The number of nitrogens with zero attached hydrogens (tertiary/aromatic N) is 1. The molecule has 2 unspecified atom stereocenters. The lowest BCUT2D eigenvalue weighted by Crippen LogP contribution is -2.08. The second-order valence-corrected chi connectivity index (χ2v) is 7.20. The van der Waals surface area contributed by atoms with Crippen LogP contribution < -0.4 is 0 Å². The molecule has 0 spiro atoms. The number of hydrogen-bond acceptors (Lipinski definition) is 5. The number of rotatable bonds is 8. The van der Waals surface area contributed by atoms with E-state index in [0.29, 0.717) is 4.76 Å². The Morgan fingerprint density at radius 3 is 2.47 bits per heavy atom. The van der Waals surface area contributed by atoms with Crippen molar-refractivity contribution in [3.63, 3.8) is 0 Å². The van der Waals surface area contributed by atoms with E-state index in [-0.39, 0.29) is 46.0 Å². The topological polar surface area (TPSA) is 97.8 Å². The third-order valence-electron chi connectivity index (χ3n) is 4.38. The van der Waals surface area contributed by atoms with Gasteiger partial charge in [-0.15, -0.1) is 0 Å². The van der Waals surface area contributed by atoms with E-state index < -0.39 is 29.6 Å². The molecule has 0 aliphatic heterocycles. The number of phenols is 1. The Bertz CT molecular complexity index is 1010. The van der Waals surface area contributed by atoms with E-state index in [4.69, 9.17) is 11.6 Å². The third-order valence-corrected chi connectivity index (χ3v) is 4.68. The van der Waals surface area contributed by atoms with Crippen molar-refractivity contribution >= 4 is 29.1 Å². The van der Waals surface area contributed by atoms with Crippen molar-refractivity contribution in [1.29, 1.82) is 0 Å². The fourth-order valence-electron chi connectivity index (χ4n) is 2.78. The third kappa shape index (κ3) is 5.69. The fraction of sp³-hybridized carbons (Fsp3) is 0.286. The normalized spacial score (nSPS) is 13.4. The van der Waals surface area contributed by atoms with Crippen LogP contribution in [0.3, 0.4) is 0 Å². The van der Waals surface area contributed by atoms with E-state index in [1.54, 1.807) is 0 Å². The van der Waals surface area contributed by atoms with Gasteiger partial charge in [-0.2, -0.15) is 0 Å². The van der Waals surface area contributed by atoms with Crippen LogP contribution in [0.4, 0.5) is 14.5 Å². The van der Waals surface area contributed by atoms with Crippen LogP contribution in [0.25, 0.3) is 6.08 Å². The van der Waals surface area contributed by atoms with Crippen LogP contribution in [-0.2, 0) is 0 Å². The van der Waals surface area contributed by atoms with Gasteiger partial charge in [0.05, 0.1) is 17.8 Å². The maximum Gasteiger partial charge on any atom is 0.274 e. The lowest BCUT2D eigenvalue weighted by Gasteiger charge is -2.14. The second-order valence-electron chi connectivity index (χ2n) is 6.79. The summed E-state index contributed by atoms with van der Waals surface area (Å²) in [6, 6.07) is 3.90. The zero-order valence-electron chi connectivity index (χ0n) is 16.3. The Morgan fingerprint density at radius 2 is 1.87 bits per heavy atom. The first-order valence-electron chi connectivity index (χ1n) is 9.01. The van der Waals surface area contributed by atoms with Gasteiger partial charge in [-0.25, -0.2) is 8.78 Å². The quantitative estimate of drug-likeness (QED) is 0.416. The average Bonchev–Trinajstić information content (AvgIpc) is 2.64. The highest BCUT2D eigenvalue weighted by Crippen LogP contribution is 2.31. The summed E-state index contributed by atoms with van der Waals surface area (Å²) in [5, 5.41) is 29.3. The predicted molar refractivity (Wildman–Crippen MR) is 108 cm³/mol. The van der Waals surface area contributed by atoms with Gasteiger partial charge in [0.15, 0.2) is 12.8 Å². The highest BCUT2D eigenvalue weighted by atomic mass is 35.5. The molecule has 30 heavy (non-hydrogen) atoms. The maximum atomic E-state index is 14.2. The summed E-state index contributed by atoms with van der Waals surface area (Å²) in [4.78, 5) is 23.9. The highest BCUT2D eigenvalue weighted by Gasteiger charge is 2.23. The Labute approximate surface area is 176 Å². The Balaban J connectivity index is 2.21. The van der Waals surface area contributed by atoms with Gasteiger partial charge in [0.1, 0.15) is 22.4 Å². The van der Waals surface area contributed by atoms with Gasteiger partial charge in [0, 0.05) is 45.4 Å². The number of nitroso groups, excluding NO2 is 1. The van der Waals surface area contributed by atoms with Crippen molar-refractivity contribution in [2.45, 2.75) is 32.0 Å². The molecular formula is C21H21ClF2NO5+. The van der Waals surface area contributed by atoms with Crippen LogP contribution in [0.15, 0.2) is 30.3 Å². The van der Waals surface area contributed by atoms with Crippen molar-refractivity contribution in [3.8, 4) is 5.75 Å². The lowest BCUT2D eigenvalue weighted by molar-refractivity contribution is -0.428. The van der Waals surface area contributed by atoms with Crippen LogP contribution in [0.2, 0.25) is 5.02 Å². The van der Waals surface area contributed by atoms with E-state index in [1.165, 1.54) is 25.1 Å². The number of halogens is 3. The predicted octanol–water partition coefficient (Wildman–Crippen LogP) is 4.45. The van der Waals surface area contributed by atoms with Crippen LogP contribution in [0.5, 0.6) is 5.75 Å². The lowest BCUT2D eigenvalue weighted by atomic mass is 9.97. The summed E-state index contributed by atoms with van der Waals surface area (Å²) in [6.07, 6.45) is -0.0464. The van der Waals surface area contributed by atoms with Crippen molar-refractivity contribution in [3.05, 3.63) is 68.6 Å². The second kappa shape index (κ2) is 9.88. The number of aliphatic hydroxyl groups excluding tert-OH is 2. The number of ketones is 1. The molecule has 2 aromatic rings. The molecule has 0 bridgehead atoms. The smallest absolute Gasteiger partial charge is 0.274 e. The molecule has 0 saturated carbocycles. The molecular weight excluding hydrogens is 420 g/mol. The molecule has 2 atom stereocenters. The van der Waals surface area contributed by atoms with Gasteiger partial charge >= 0.3 is 0 Å². The van der Waals surface area contributed by atoms with Gasteiger partial charge < -0.3 is 15.3 Å². The van der Waals surface area contributed by atoms with Gasteiger partial charge in [-0.05, 0) is 19.4 Å². The first-order chi connectivity index (χ1) is 14.0. The van der Waals surface area contributed by atoms with E-state index in [1.807, 2.05) is 0 Å². The number of benzene rings is 2. The summed E-state index contributed by atoms with van der Waals surface area (Å²) in [5.74, 6) is -2.87. The van der Waals surface area contributed by atoms with E-state index in [2.05, 4.69) is 0 Å². The van der Waals surface area contributed by atoms with Gasteiger partial charge in [-0.3, -0.25) is 4.79 Å². The minimum absolute atomic E-state index is 0.0823. The zero-order valence-corrected chi connectivity index (χ0v) is 17.0. The maximum absolute atomic E-state index is 14.2. The van der Waals surface area contributed by atoms with Crippen molar-refractivity contribution < 1.29 is 33.7 Å². The summed E-state index contributed by atoms with van der Waals surface area (Å²) in [6.45, 7) is 1.49. The summed E-state index contributed by atoms with van der Waals surface area (Å²) >= 11 is 5.78. The number of Topliss-reactive ketones (excluding diaryl/α,β-unsaturated/α-hetero) is 1. The molecule has 2 aromatic carbocycles. The molecule has 6 nitrogen and oxygen atoms in total. The minimum atomic E-state index is -1.41. The monoisotopic (exact) mass is 440 g/mol. The van der Waals surface area contributed by atoms with Crippen molar-refractivity contribution in [2.75, 3.05) is 7.05 Å². The highest BCUT2D eigenvalue weighted by molar-refractivity contribution is 6.32. The number of carbonyl (C=O) groups is 1. The van der Waals surface area contributed by atoms with Crippen LogP contribution >= 0.6 is 11.6 Å². The van der Waals surface area contributed by atoms with Gasteiger partial charge in [-0.1, -0.05) is 23.8 Å².